The zero-order valence-corrected chi connectivity index (χ0v) is 15.9. The van der Waals surface area contributed by atoms with Crippen LogP contribution in [0.5, 0.6) is 0 Å². The molecule has 138 valence electrons. The Labute approximate surface area is 154 Å². The van der Waals surface area contributed by atoms with Crippen molar-refractivity contribution < 1.29 is 4.84 Å². The lowest BCUT2D eigenvalue weighted by molar-refractivity contribution is 0.214. The van der Waals surface area contributed by atoms with Gasteiger partial charge < -0.3 is 4.84 Å². The summed E-state index contributed by atoms with van der Waals surface area (Å²) in [5, 5.41) is 3.73. The third-order valence-electron chi connectivity index (χ3n) is 4.18. The molecule has 0 aliphatic carbocycles. The van der Waals surface area contributed by atoms with E-state index in [0.29, 0.717) is 0 Å². The Hall–Kier alpha value is -1.82. The standard InChI is InChI=1S/C22H34N2O/c1-25-24-20-15-13-11-9-7-5-3-2-4-6-8-10-12-14-17-22-18-16-19-23-21-22/h16,18-21H,2,4,6-15,17H2,1H3. The normalized spacial score (nSPS) is 10.6. The van der Waals surface area contributed by atoms with Crippen LogP contribution in [0.3, 0.4) is 0 Å². The first-order valence-electron chi connectivity index (χ1n) is 9.83. The molecule has 0 spiro atoms. The van der Waals surface area contributed by atoms with Gasteiger partial charge in [-0.25, -0.2) is 0 Å². The molecule has 0 bridgehead atoms. The number of hydrogen-bond donors (Lipinski definition) is 0. The molecule has 1 rings (SSSR count). The lowest BCUT2D eigenvalue weighted by Crippen LogP contribution is -1.87. The minimum absolute atomic E-state index is 1.00. The highest BCUT2D eigenvalue weighted by Gasteiger charge is 1.94. The van der Waals surface area contributed by atoms with Gasteiger partial charge in [0.25, 0.3) is 0 Å². The van der Waals surface area contributed by atoms with Gasteiger partial charge in [-0.3, -0.25) is 4.98 Å². The van der Waals surface area contributed by atoms with Gasteiger partial charge in [-0.05, 0) is 50.2 Å². The molecule has 3 heteroatoms. The van der Waals surface area contributed by atoms with E-state index in [1.54, 1.807) is 7.11 Å². The third-order valence-corrected chi connectivity index (χ3v) is 4.18. The van der Waals surface area contributed by atoms with E-state index in [4.69, 9.17) is 0 Å². The number of oxime groups is 1. The summed E-state index contributed by atoms with van der Waals surface area (Å²) in [6.07, 6.45) is 21.4. The van der Waals surface area contributed by atoms with Crippen LogP contribution in [0.25, 0.3) is 0 Å². The quantitative estimate of drug-likeness (QED) is 0.181. The first-order valence-corrected chi connectivity index (χ1v) is 9.83. The second kappa shape index (κ2) is 17.0. The lowest BCUT2D eigenvalue weighted by Gasteiger charge is -2.01. The van der Waals surface area contributed by atoms with E-state index in [0.717, 1.165) is 19.3 Å². The number of unbranched alkanes of at least 4 members (excludes halogenated alkanes) is 10. The largest absolute Gasteiger partial charge is 0.399 e. The van der Waals surface area contributed by atoms with Crippen LogP contribution in [0.4, 0.5) is 0 Å². The summed E-state index contributed by atoms with van der Waals surface area (Å²) < 4.78 is 0. The number of aromatic nitrogens is 1. The average Bonchev–Trinajstić information content (AvgIpc) is 2.65. The van der Waals surface area contributed by atoms with Crippen LogP contribution in [0.1, 0.15) is 82.6 Å². The van der Waals surface area contributed by atoms with Crippen molar-refractivity contribution in [3.8, 4) is 11.8 Å². The summed E-state index contributed by atoms with van der Waals surface area (Å²) in [5.41, 5.74) is 1.36. The molecule has 0 aromatic carbocycles. The zero-order valence-electron chi connectivity index (χ0n) is 15.9. The molecule has 0 atom stereocenters. The van der Waals surface area contributed by atoms with Gasteiger partial charge in [0.15, 0.2) is 0 Å². The fourth-order valence-electron chi connectivity index (χ4n) is 2.73. The fourth-order valence-corrected chi connectivity index (χ4v) is 2.73. The molecule has 0 amide bonds. The summed E-state index contributed by atoms with van der Waals surface area (Å²) in [7, 11) is 1.58. The average molecular weight is 343 g/mol. The van der Waals surface area contributed by atoms with Crippen LogP contribution in [0.15, 0.2) is 29.7 Å². The van der Waals surface area contributed by atoms with Gasteiger partial charge in [0.1, 0.15) is 7.11 Å². The first-order chi connectivity index (χ1) is 12.4. The summed E-state index contributed by atoms with van der Waals surface area (Å²) in [4.78, 5) is 8.78. The van der Waals surface area contributed by atoms with Gasteiger partial charge in [0.05, 0.1) is 0 Å². The van der Waals surface area contributed by atoms with Crippen molar-refractivity contribution >= 4 is 6.21 Å². The molecule has 25 heavy (non-hydrogen) atoms. The van der Waals surface area contributed by atoms with Gasteiger partial charge in [0.2, 0.25) is 0 Å². The van der Waals surface area contributed by atoms with Crippen molar-refractivity contribution in [3.63, 3.8) is 0 Å². The van der Waals surface area contributed by atoms with Crippen LogP contribution in [0.2, 0.25) is 0 Å². The van der Waals surface area contributed by atoms with E-state index < -0.39 is 0 Å². The van der Waals surface area contributed by atoms with Crippen molar-refractivity contribution in [1.29, 1.82) is 0 Å². The molecule has 0 saturated carbocycles. The predicted molar refractivity (Wildman–Crippen MR) is 107 cm³/mol. The number of hydrogen-bond acceptors (Lipinski definition) is 3. The summed E-state index contributed by atoms with van der Waals surface area (Å²) in [5.74, 6) is 6.62. The van der Waals surface area contributed by atoms with Crippen molar-refractivity contribution in [1.82, 2.24) is 4.98 Å². The molecule has 3 nitrogen and oxygen atoms in total. The molecule has 1 heterocycles. The SMILES string of the molecule is CON=CCCCCCC#CCCCCCCCCc1cccnc1. The summed E-state index contributed by atoms with van der Waals surface area (Å²) >= 11 is 0. The summed E-state index contributed by atoms with van der Waals surface area (Å²) in [6.45, 7) is 0. The molecule has 0 aliphatic rings. The zero-order chi connectivity index (χ0) is 17.8. The number of pyridine rings is 1. The second-order valence-electron chi connectivity index (χ2n) is 6.41. The van der Waals surface area contributed by atoms with E-state index in [1.807, 2.05) is 24.7 Å². The molecular formula is C22H34N2O. The van der Waals surface area contributed by atoms with Crippen LogP contribution in [-0.4, -0.2) is 18.3 Å². The van der Waals surface area contributed by atoms with E-state index in [9.17, 15) is 0 Å². The van der Waals surface area contributed by atoms with Gasteiger partial charge >= 0.3 is 0 Å². The van der Waals surface area contributed by atoms with Gasteiger partial charge in [-0.15, -0.1) is 11.8 Å². The number of rotatable bonds is 14. The van der Waals surface area contributed by atoms with Crippen LogP contribution >= 0.6 is 0 Å². The Balaban J connectivity index is 1.79. The Bertz CT molecular complexity index is 488. The Morgan fingerprint density at radius 3 is 2.32 bits per heavy atom. The molecule has 0 saturated heterocycles. The summed E-state index contributed by atoms with van der Waals surface area (Å²) in [6, 6.07) is 4.19. The topological polar surface area (TPSA) is 34.5 Å². The van der Waals surface area contributed by atoms with Crippen LogP contribution < -0.4 is 0 Å². The number of aryl methyl sites for hydroxylation is 1. The highest BCUT2D eigenvalue weighted by atomic mass is 16.6. The number of nitrogens with zero attached hydrogens (tertiary/aromatic N) is 2. The van der Waals surface area contributed by atoms with Crippen LogP contribution in [0, 0.1) is 11.8 Å². The van der Waals surface area contributed by atoms with Crippen molar-refractivity contribution in [3.05, 3.63) is 30.1 Å². The molecule has 0 aliphatic heterocycles. The van der Waals surface area contributed by atoms with E-state index in [-0.39, 0.29) is 0 Å². The maximum Gasteiger partial charge on any atom is 0.106 e. The lowest BCUT2D eigenvalue weighted by atomic mass is 10.1. The molecule has 1 aromatic rings. The molecule has 0 N–H and O–H groups in total. The Kier molecular flexibility index (Phi) is 14.4. The van der Waals surface area contributed by atoms with Crippen molar-refractivity contribution in [2.24, 2.45) is 5.16 Å². The van der Waals surface area contributed by atoms with Gasteiger partial charge in [-0.2, -0.15) is 0 Å². The minimum Gasteiger partial charge on any atom is -0.399 e. The van der Waals surface area contributed by atoms with Crippen molar-refractivity contribution in [2.75, 3.05) is 7.11 Å². The van der Waals surface area contributed by atoms with Crippen LogP contribution in [-0.2, 0) is 11.3 Å². The fraction of sp³-hybridized carbons (Fsp3) is 0.636. The van der Waals surface area contributed by atoms with E-state index >= 15 is 0 Å². The highest BCUT2D eigenvalue weighted by molar-refractivity contribution is 5.55. The van der Waals surface area contributed by atoms with E-state index in [2.05, 4.69) is 32.9 Å². The monoisotopic (exact) mass is 342 g/mol. The predicted octanol–water partition coefficient (Wildman–Crippen LogP) is 5.94. The molecule has 0 unspecified atom stereocenters. The Morgan fingerprint density at radius 2 is 1.64 bits per heavy atom. The molecule has 1 aromatic heterocycles. The molecule has 0 fully saturated rings. The molecule has 0 radical (unpaired) electrons. The smallest absolute Gasteiger partial charge is 0.106 e. The Morgan fingerprint density at radius 1 is 0.960 bits per heavy atom. The van der Waals surface area contributed by atoms with E-state index in [1.165, 1.54) is 69.8 Å². The third kappa shape index (κ3) is 14.2. The first kappa shape index (κ1) is 21.2. The van der Waals surface area contributed by atoms with Gasteiger partial charge in [0, 0.05) is 31.4 Å². The maximum atomic E-state index is 4.62. The van der Waals surface area contributed by atoms with Crippen molar-refractivity contribution in [2.45, 2.75) is 83.5 Å². The second-order valence-corrected chi connectivity index (χ2v) is 6.41. The highest BCUT2D eigenvalue weighted by Crippen LogP contribution is 2.10. The molecular weight excluding hydrogens is 308 g/mol. The van der Waals surface area contributed by atoms with Gasteiger partial charge in [-0.1, -0.05) is 43.3 Å². The maximum absolute atomic E-state index is 4.62. The minimum atomic E-state index is 1.00.